The molecular formula is C12H14N2O2S. The zero-order valence-electron chi connectivity index (χ0n) is 9.98. The Hall–Kier alpha value is -1.62. The average Bonchev–Trinajstić information content (AvgIpc) is 2.61. The fourth-order valence-corrected chi connectivity index (χ4v) is 2.18. The van der Waals surface area contributed by atoms with E-state index in [9.17, 15) is 0 Å². The summed E-state index contributed by atoms with van der Waals surface area (Å²) >= 11 is 1.41. The highest BCUT2D eigenvalue weighted by molar-refractivity contribution is 7.99. The van der Waals surface area contributed by atoms with E-state index >= 15 is 0 Å². The minimum Gasteiger partial charge on any atom is -0.497 e. The molecule has 2 rings (SSSR count). The maximum absolute atomic E-state index is 5.92. The van der Waals surface area contributed by atoms with Gasteiger partial charge in [-0.1, -0.05) is 0 Å². The zero-order valence-corrected chi connectivity index (χ0v) is 10.8. The summed E-state index contributed by atoms with van der Waals surface area (Å²) in [6.07, 6.45) is 0. The van der Waals surface area contributed by atoms with Crippen LogP contribution in [0.2, 0.25) is 0 Å². The minimum atomic E-state index is 0.608. The van der Waals surface area contributed by atoms with Gasteiger partial charge in [-0.05, 0) is 37.7 Å². The largest absolute Gasteiger partial charge is 0.497 e. The van der Waals surface area contributed by atoms with Crippen LogP contribution < -0.4 is 10.5 Å². The Kier molecular flexibility index (Phi) is 3.28. The molecule has 0 amide bonds. The molecule has 0 spiro atoms. The fraction of sp³-hybridized carbons (Fsp3) is 0.250. The van der Waals surface area contributed by atoms with Gasteiger partial charge in [0.25, 0.3) is 5.22 Å². The summed E-state index contributed by atoms with van der Waals surface area (Å²) in [5.74, 6) is 1.58. The van der Waals surface area contributed by atoms with Crippen LogP contribution in [0.1, 0.15) is 11.5 Å². The van der Waals surface area contributed by atoms with Crippen LogP contribution in [-0.4, -0.2) is 12.1 Å². The third kappa shape index (κ3) is 2.55. The van der Waals surface area contributed by atoms with Crippen LogP contribution in [0.15, 0.2) is 32.7 Å². The van der Waals surface area contributed by atoms with Crippen molar-refractivity contribution in [2.75, 3.05) is 12.8 Å². The number of methoxy groups -OCH3 is 1. The van der Waals surface area contributed by atoms with E-state index in [0.29, 0.717) is 10.9 Å². The standard InChI is InChI=1S/C12H14N2O2S/c1-7-8(2)16-12(14-7)17-11-5-4-9(15-3)6-10(11)13/h4-6H,13H2,1-3H3. The van der Waals surface area contributed by atoms with Gasteiger partial charge in [-0.3, -0.25) is 0 Å². The van der Waals surface area contributed by atoms with E-state index in [1.54, 1.807) is 13.2 Å². The van der Waals surface area contributed by atoms with Crippen molar-refractivity contribution < 1.29 is 9.15 Å². The van der Waals surface area contributed by atoms with Crippen LogP contribution in [0.3, 0.4) is 0 Å². The molecule has 5 heteroatoms. The lowest BCUT2D eigenvalue weighted by atomic mass is 10.3. The Morgan fingerprint density at radius 1 is 1.35 bits per heavy atom. The van der Waals surface area contributed by atoms with Gasteiger partial charge < -0.3 is 14.9 Å². The van der Waals surface area contributed by atoms with Crippen molar-refractivity contribution in [2.24, 2.45) is 0 Å². The molecule has 0 unspecified atom stereocenters. The number of aromatic nitrogens is 1. The van der Waals surface area contributed by atoms with E-state index in [-0.39, 0.29) is 0 Å². The van der Waals surface area contributed by atoms with E-state index in [4.69, 9.17) is 14.9 Å². The van der Waals surface area contributed by atoms with Crippen molar-refractivity contribution in [3.63, 3.8) is 0 Å². The Labute approximate surface area is 104 Å². The van der Waals surface area contributed by atoms with Gasteiger partial charge in [-0.25, -0.2) is 4.98 Å². The first-order chi connectivity index (χ1) is 8.10. The van der Waals surface area contributed by atoms with Crippen molar-refractivity contribution in [3.8, 4) is 5.75 Å². The van der Waals surface area contributed by atoms with Crippen LogP contribution in [0, 0.1) is 13.8 Å². The predicted molar refractivity (Wildman–Crippen MR) is 67.5 cm³/mol. The molecule has 1 aromatic carbocycles. The lowest BCUT2D eigenvalue weighted by Crippen LogP contribution is -1.90. The summed E-state index contributed by atoms with van der Waals surface area (Å²) in [6.45, 7) is 3.81. The van der Waals surface area contributed by atoms with Crippen LogP contribution in [0.4, 0.5) is 5.69 Å². The minimum absolute atomic E-state index is 0.608. The Balaban J connectivity index is 2.24. The molecule has 0 fully saturated rings. The fourth-order valence-electron chi connectivity index (χ4n) is 1.33. The number of nitrogen functional groups attached to an aromatic ring is 1. The number of hydrogen-bond donors (Lipinski definition) is 1. The number of benzene rings is 1. The number of ether oxygens (including phenoxy) is 1. The molecule has 0 aliphatic carbocycles. The van der Waals surface area contributed by atoms with Crippen molar-refractivity contribution in [1.82, 2.24) is 4.98 Å². The molecule has 2 N–H and O–H groups in total. The van der Waals surface area contributed by atoms with Gasteiger partial charge in [-0.2, -0.15) is 0 Å². The lowest BCUT2D eigenvalue weighted by Gasteiger charge is -2.05. The topological polar surface area (TPSA) is 61.3 Å². The van der Waals surface area contributed by atoms with Crippen molar-refractivity contribution >= 4 is 17.4 Å². The molecule has 17 heavy (non-hydrogen) atoms. The number of rotatable bonds is 3. The highest BCUT2D eigenvalue weighted by Crippen LogP contribution is 2.34. The van der Waals surface area contributed by atoms with Gasteiger partial charge in [0.1, 0.15) is 11.5 Å². The number of anilines is 1. The molecule has 1 aromatic heterocycles. The summed E-state index contributed by atoms with van der Waals surface area (Å²) in [4.78, 5) is 5.21. The molecule has 0 atom stereocenters. The monoisotopic (exact) mass is 250 g/mol. The van der Waals surface area contributed by atoms with Gasteiger partial charge in [0.05, 0.1) is 12.8 Å². The number of oxazole rings is 1. The first-order valence-corrected chi connectivity index (χ1v) is 5.97. The van der Waals surface area contributed by atoms with Gasteiger partial charge in [0.2, 0.25) is 0 Å². The second-order valence-corrected chi connectivity index (χ2v) is 4.62. The summed E-state index contributed by atoms with van der Waals surface area (Å²) in [5, 5.41) is 0.608. The molecule has 90 valence electrons. The highest BCUT2D eigenvalue weighted by atomic mass is 32.2. The molecule has 0 radical (unpaired) electrons. The first kappa shape index (κ1) is 11.9. The molecule has 0 aliphatic heterocycles. The SMILES string of the molecule is COc1ccc(Sc2nc(C)c(C)o2)c(N)c1. The first-order valence-electron chi connectivity index (χ1n) is 5.15. The maximum atomic E-state index is 5.92. The van der Waals surface area contributed by atoms with Crippen LogP contribution >= 0.6 is 11.8 Å². The third-order valence-electron chi connectivity index (χ3n) is 2.42. The van der Waals surface area contributed by atoms with E-state index in [1.807, 2.05) is 26.0 Å². The van der Waals surface area contributed by atoms with Crippen molar-refractivity contribution in [3.05, 3.63) is 29.7 Å². The van der Waals surface area contributed by atoms with Gasteiger partial charge >= 0.3 is 0 Å². The van der Waals surface area contributed by atoms with Gasteiger partial charge in [0.15, 0.2) is 0 Å². The van der Waals surface area contributed by atoms with E-state index in [1.165, 1.54) is 11.8 Å². The van der Waals surface area contributed by atoms with Crippen LogP contribution in [0.25, 0.3) is 0 Å². The van der Waals surface area contributed by atoms with Gasteiger partial charge in [0, 0.05) is 16.6 Å². The molecule has 0 saturated carbocycles. The van der Waals surface area contributed by atoms with Crippen LogP contribution in [0.5, 0.6) is 5.75 Å². The quantitative estimate of drug-likeness (QED) is 0.848. The second kappa shape index (κ2) is 4.71. The van der Waals surface area contributed by atoms with Crippen molar-refractivity contribution in [1.29, 1.82) is 0 Å². The number of aryl methyl sites for hydroxylation is 2. The summed E-state index contributed by atoms with van der Waals surface area (Å²) in [7, 11) is 1.61. The van der Waals surface area contributed by atoms with Crippen molar-refractivity contribution in [2.45, 2.75) is 24.0 Å². The molecule has 0 aliphatic rings. The Morgan fingerprint density at radius 3 is 2.65 bits per heavy atom. The molecule has 1 heterocycles. The molecular weight excluding hydrogens is 236 g/mol. The van der Waals surface area contributed by atoms with E-state index in [0.717, 1.165) is 22.1 Å². The average molecular weight is 250 g/mol. The highest BCUT2D eigenvalue weighted by Gasteiger charge is 2.10. The van der Waals surface area contributed by atoms with Crippen LogP contribution in [-0.2, 0) is 0 Å². The molecule has 2 aromatic rings. The summed E-state index contributed by atoms with van der Waals surface area (Å²) in [6, 6.07) is 5.54. The normalized spacial score (nSPS) is 10.5. The second-order valence-electron chi connectivity index (χ2n) is 3.63. The number of hydrogen-bond acceptors (Lipinski definition) is 5. The van der Waals surface area contributed by atoms with E-state index in [2.05, 4.69) is 4.98 Å². The number of nitrogens with two attached hydrogens (primary N) is 1. The Bertz CT molecular complexity index is 518. The Morgan fingerprint density at radius 2 is 2.12 bits per heavy atom. The number of nitrogens with zero attached hydrogens (tertiary/aromatic N) is 1. The van der Waals surface area contributed by atoms with E-state index < -0.39 is 0 Å². The predicted octanol–water partition coefficient (Wildman–Crippen LogP) is 3.03. The summed E-state index contributed by atoms with van der Waals surface area (Å²) in [5.41, 5.74) is 7.48. The van der Waals surface area contributed by atoms with Gasteiger partial charge in [-0.15, -0.1) is 0 Å². The third-order valence-corrected chi connectivity index (χ3v) is 3.36. The molecule has 0 bridgehead atoms. The summed E-state index contributed by atoms with van der Waals surface area (Å²) < 4.78 is 10.6. The molecule has 0 saturated heterocycles. The lowest BCUT2D eigenvalue weighted by molar-refractivity contribution is 0.414. The smallest absolute Gasteiger partial charge is 0.261 e. The maximum Gasteiger partial charge on any atom is 0.261 e. The molecule has 4 nitrogen and oxygen atoms in total. The zero-order chi connectivity index (χ0) is 12.4.